The van der Waals surface area contributed by atoms with Crippen LogP contribution in [-0.2, 0) is 9.59 Å². The first-order valence-corrected chi connectivity index (χ1v) is 6.84. The minimum atomic E-state index is -0.657. The number of rotatable bonds is 3. The van der Waals surface area contributed by atoms with Crippen molar-refractivity contribution in [3.63, 3.8) is 0 Å². The zero-order chi connectivity index (χ0) is 13.1. The van der Waals surface area contributed by atoms with Crippen molar-refractivity contribution in [2.75, 3.05) is 13.6 Å². The molecular weight excluding hydrogens is 250 g/mol. The van der Waals surface area contributed by atoms with Gasteiger partial charge in [0.1, 0.15) is 12.1 Å². The maximum atomic E-state index is 12.3. The summed E-state index contributed by atoms with van der Waals surface area (Å²) in [5.74, 6) is -0.275. The number of hydrogen-bond donors (Lipinski definition) is 2. The summed E-state index contributed by atoms with van der Waals surface area (Å²) in [4.78, 5) is 26.4. The summed E-state index contributed by atoms with van der Waals surface area (Å²) in [7, 11) is 1.59. The molecule has 1 saturated heterocycles. The van der Waals surface area contributed by atoms with E-state index in [1.807, 2.05) is 17.5 Å². The van der Waals surface area contributed by atoms with Gasteiger partial charge in [0.05, 0.1) is 0 Å². The number of nitrogens with one attached hydrogen (secondary N) is 1. The number of thiophene rings is 1. The number of nitrogens with two attached hydrogens (primary N) is 1. The predicted molar refractivity (Wildman–Crippen MR) is 70.0 cm³/mol. The van der Waals surface area contributed by atoms with Gasteiger partial charge in [-0.3, -0.25) is 9.59 Å². The van der Waals surface area contributed by atoms with E-state index < -0.39 is 6.04 Å². The lowest BCUT2D eigenvalue weighted by Crippen LogP contribution is -2.47. The van der Waals surface area contributed by atoms with Crippen molar-refractivity contribution in [2.45, 2.75) is 24.9 Å². The van der Waals surface area contributed by atoms with Gasteiger partial charge in [0.2, 0.25) is 11.8 Å². The van der Waals surface area contributed by atoms with Crippen LogP contribution >= 0.6 is 11.3 Å². The van der Waals surface area contributed by atoms with Crippen molar-refractivity contribution in [1.82, 2.24) is 10.2 Å². The molecule has 0 saturated carbocycles. The van der Waals surface area contributed by atoms with Crippen LogP contribution in [0.2, 0.25) is 0 Å². The first-order chi connectivity index (χ1) is 8.65. The van der Waals surface area contributed by atoms with Crippen LogP contribution in [0.15, 0.2) is 17.5 Å². The van der Waals surface area contributed by atoms with Gasteiger partial charge in [-0.25, -0.2) is 0 Å². The van der Waals surface area contributed by atoms with Crippen LogP contribution < -0.4 is 11.1 Å². The summed E-state index contributed by atoms with van der Waals surface area (Å²) in [5, 5.41) is 4.49. The smallest absolute Gasteiger partial charge is 0.245 e. The molecule has 0 radical (unpaired) electrons. The van der Waals surface area contributed by atoms with Crippen molar-refractivity contribution < 1.29 is 9.59 Å². The Kier molecular flexibility index (Phi) is 3.98. The van der Waals surface area contributed by atoms with E-state index in [2.05, 4.69) is 5.32 Å². The van der Waals surface area contributed by atoms with E-state index in [0.717, 1.165) is 11.3 Å². The van der Waals surface area contributed by atoms with Gasteiger partial charge in [-0.05, 0) is 24.3 Å². The van der Waals surface area contributed by atoms with Crippen molar-refractivity contribution in [2.24, 2.45) is 5.73 Å². The van der Waals surface area contributed by atoms with Crippen molar-refractivity contribution >= 4 is 23.2 Å². The van der Waals surface area contributed by atoms with Gasteiger partial charge in [-0.15, -0.1) is 11.3 Å². The van der Waals surface area contributed by atoms with E-state index in [9.17, 15) is 9.59 Å². The molecular formula is C12H17N3O2S. The summed E-state index contributed by atoms with van der Waals surface area (Å²) in [6.45, 7) is 0.607. The third kappa shape index (κ3) is 2.39. The van der Waals surface area contributed by atoms with Crippen LogP contribution in [0.5, 0.6) is 0 Å². The lowest BCUT2D eigenvalue weighted by Gasteiger charge is -2.25. The van der Waals surface area contributed by atoms with E-state index in [4.69, 9.17) is 5.73 Å². The highest BCUT2D eigenvalue weighted by atomic mass is 32.1. The van der Waals surface area contributed by atoms with Gasteiger partial charge in [0.15, 0.2) is 0 Å². The molecule has 1 aliphatic heterocycles. The molecule has 1 aliphatic rings. The number of hydrogen-bond acceptors (Lipinski definition) is 4. The van der Waals surface area contributed by atoms with Crippen molar-refractivity contribution in [3.8, 4) is 0 Å². The summed E-state index contributed by atoms with van der Waals surface area (Å²) in [5.41, 5.74) is 5.95. The maximum absolute atomic E-state index is 12.3. The summed E-state index contributed by atoms with van der Waals surface area (Å²) in [6.07, 6.45) is 1.56. The Hall–Kier alpha value is -1.40. The lowest BCUT2D eigenvalue weighted by atomic mass is 10.1. The Morgan fingerprint density at radius 2 is 2.39 bits per heavy atom. The summed E-state index contributed by atoms with van der Waals surface area (Å²) >= 11 is 1.46. The molecule has 2 heterocycles. The molecule has 3 N–H and O–H groups in total. The molecule has 0 aliphatic carbocycles. The van der Waals surface area contributed by atoms with E-state index in [1.165, 1.54) is 11.3 Å². The zero-order valence-electron chi connectivity index (χ0n) is 10.3. The fourth-order valence-corrected chi connectivity index (χ4v) is 2.96. The summed E-state index contributed by atoms with van der Waals surface area (Å²) in [6, 6.07) is 2.69. The molecule has 1 aromatic heterocycles. The minimum absolute atomic E-state index is 0.112. The lowest BCUT2D eigenvalue weighted by molar-refractivity contribution is -0.139. The van der Waals surface area contributed by atoms with Crippen LogP contribution in [0.25, 0.3) is 0 Å². The minimum Gasteiger partial charge on any atom is -0.357 e. The molecule has 2 atom stereocenters. The highest BCUT2D eigenvalue weighted by molar-refractivity contribution is 7.10. The monoisotopic (exact) mass is 267 g/mol. The van der Waals surface area contributed by atoms with Crippen LogP contribution in [0, 0.1) is 0 Å². The largest absolute Gasteiger partial charge is 0.357 e. The van der Waals surface area contributed by atoms with Gasteiger partial charge in [-0.1, -0.05) is 6.07 Å². The maximum Gasteiger partial charge on any atom is 0.245 e. The molecule has 0 spiro atoms. The molecule has 2 rings (SSSR count). The third-order valence-electron chi connectivity index (χ3n) is 3.20. The van der Waals surface area contributed by atoms with Crippen LogP contribution in [0.3, 0.4) is 0 Å². The molecule has 0 aromatic carbocycles. The Morgan fingerprint density at radius 3 is 3.00 bits per heavy atom. The normalized spacial score (nSPS) is 20.8. The highest BCUT2D eigenvalue weighted by Crippen LogP contribution is 2.24. The van der Waals surface area contributed by atoms with Gasteiger partial charge >= 0.3 is 0 Å². The second-order valence-corrected chi connectivity index (χ2v) is 5.28. The SMILES string of the molecule is CNC(=O)C1CCCN1C(=O)C(N)c1cccs1. The first kappa shape index (κ1) is 13.0. The average Bonchev–Trinajstić information content (AvgIpc) is 3.06. The molecule has 18 heavy (non-hydrogen) atoms. The van der Waals surface area contributed by atoms with E-state index in [1.54, 1.807) is 11.9 Å². The van der Waals surface area contributed by atoms with Crippen LogP contribution in [0.1, 0.15) is 23.8 Å². The number of carbonyl (C=O) groups excluding carboxylic acids is 2. The van der Waals surface area contributed by atoms with E-state index in [-0.39, 0.29) is 17.9 Å². The Balaban J connectivity index is 2.11. The Morgan fingerprint density at radius 1 is 1.61 bits per heavy atom. The summed E-state index contributed by atoms with van der Waals surface area (Å²) < 4.78 is 0. The number of likely N-dealkylation sites (tertiary alicyclic amines) is 1. The van der Waals surface area contributed by atoms with Crippen molar-refractivity contribution in [3.05, 3.63) is 22.4 Å². The number of likely N-dealkylation sites (N-methyl/N-ethyl adjacent to an activating group) is 1. The second-order valence-electron chi connectivity index (χ2n) is 4.30. The second kappa shape index (κ2) is 5.49. The molecule has 5 nitrogen and oxygen atoms in total. The highest BCUT2D eigenvalue weighted by Gasteiger charge is 2.36. The number of nitrogens with zero attached hydrogens (tertiary/aromatic N) is 1. The molecule has 6 heteroatoms. The average molecular weight is 267 g/mol. The van der Waals surface area contributed by atoms with Gasteiger partial charge in [-0.2, -0.15) is 0 Å². The predicted octanol–water partition coefficient (Wildman–Crippen LogP) is 0.485. The third-order valence-corrected chi connectivity index (χ3v) is 4.16. The molecule has 2 unspecified atom stereocenters. The molecule has 0 bridgehead atoms. The molecule has 98 valence electrons. The fraction of sp³-hybridized carbons (Fsp3) is 0.500. The Labute approximate surface area is 110 Å². The molecule has 2 amide bonds. The van der Waals surface area contributed by atoms with Crippen LogP contribution in [0.4, 0.5) is 0 Å². The Bertz CT molecular complexity index is 433. The van der Waals surface area contributed by atoms with Crippen LogP contribution in [-0.4, -0.2) is 36.3 Å². The number of carbonyl (C=O) groups is 2. The van der Waals surface area contributed by atoms with Gasteiger partial charge in [0, 0.05) is 18.5 Å². The quantitative estimate of drug-likeness (QED) is 0.836. The standard InChI is InChI=1S/C12H17N3O2S/c1-14-11(16)8-4-2-6-15(8)12(17)10(13)9-5-3-7-18-9/h3,5,7-8,10H,2,4,6,13H2,1H3,(H,14,16). The van der Waals surface area contributed by atoms with Crippen molar-refractivity contribution in [1.29, 1.82) is 0 Å². The van der Waals surface area contributed by atoms with E-state index in [0.29, 0.717) is 13.0 Å². The van der Waals surface area contributed by atoms with Gasteiger partial charge in [0.25, 0.3) is 0 Å². The zero-order valence-corrected chi connectivity index (χ0v) is 11.1. The van der Waals surface area contributed by atoms with E-state index >= 15 is 0 Å². The fourth-order valence-electron chi connectivity index (χ4n) is 2.24. The van der Waals surface area contributed by atoms with Gasteiger partial charge < -0.3 is 16.0 Å². The molecule has 1 aromatic rings. The molecule has 1 fully saturated rings. The first-order valence-electron chi connectivity index (χ1n) is 5.96. The topological polar surface area (TPSA) is 75.4 Å². The number of amides is 2.